The standard InChI is InChI=1S/C5H9O.CH3.Sn/c1-5(2)3-4-6;;/h3-5H,1-2H3;1H3;. The van der Waals surface area contributed by atoms with E-state index in [0.29, 0.717) is 9.85 Å². The van der Waals surface area contributed by atoms with Gasteiger partial charge in [-0.25, -0.2) is 0 Å². The van der Waals surface area contributed by atoms with E-state index in [1.807, 2.05) is 0 Å². The van der Waals surface area contributed by atoms with Crippen LogP contribution in [-0.2, 0) is 4.79 Å². The van der Waals surface area contributed by atoms with Gasteiger partial charge >= 0.3 is 60.9 Å². The Bertz CT molecular complexity index is 70.9. The van der Waals surface area contributed by atoms with Crippen molar-refractivity contribution in [2.24, 2.45) is 5.92 Å². The molecule has 2 radical (unpaired) electrons. The van der Waals surface area contributed by atoms with Crippen molar-refractivity contribution in [3.63, 3.8) is 0 Å². The number of hydrogen-bond acceptors (Lipinski definition) is 1. The summed E-state index contributed by atoms with van der Waals surface area (Å²) in [6.07, 6.45) is 1.12. The first-order valence-electron chi connectivity index (χ1n) is 2.85. The average Bonchev–Trinajstić information content (AvgIpc) is 1.69. The summed E-state index contributed by atoms with van der Waals surface area (Å²) in [6.45, 7) is 4.23. The topological polar surface area (TPSA) is 17.1 Å². The van der Waals surface area contributed by atoms with Crippen molar-refractivity contribution in [2.45, 2.75) is 22.7 Å². The fraction of sp³-hybridized carbons (Fsp3) is 0.833. The van der Waals surface area contributed by atoms with E-state index in [-0.39, 0.29) is 21.1 Å². The van der Waals surface area contributed by atoms with Gasteiger partial charge in [-0.2, -0.15) is 0 Å². The van der Waals surface area contributed by atoms with Gasteiger partial charge in [0.15, 0.2) is 0 Å². The first kappa shape index (κ1) is 8.47. The summed E-state index contributed by atoms with van der Waals surface area (Å²) in [5.74, 6) is 0.587. The number of rotatable bonds is 3. The molecular formula is C6H12OSn. The fourth-order valence-corrected chi connectivity index (χ4v) is 2.85. The quantitative estimate of drug-likeness (QED) is 0.517. The van der Waals surface area contributed by atoms with Gasteiger partial charge in [0.25, 0.3) is 0 Å². The molecule has 0 aliphatic heterocycles. The Kier molecular flexibility index (Phi) is 4.61. The Morgan fingerprint density at radius 1 is 1.50 bits per heavy atom. The third-order valence-corrected chi connectivity index (χ3v) is 5.39. The third-order valence-electron chi connectivity index (χ3n) is 1.20. The summed E-state index contributed by atoms with van der Waals surface area (Å²) in [6, 6.07) is 0. The van der Waals surface area contributed by atoms with Crippen molar-refractivity contribution >= 4 is 27.4 Å². The summed E-state index contributed by atoms with van der Waals surface area (Å²) in [4.78, 5) is 12.4. The first-order chi connectivity index (χ1) is 3.72. The molecule has 0 aromatic rings. The van der Waals surface area contributed by atoms with Crippen LogP contribution in [-0.4, -0.2) is 27.4 Å². The summed E-state index contributed by atoms with van der Waals surface area (Å²) in [5.41, 5.74) is 0. The Morgan fingerprint density at radius 2 is 2.00 bits per heavy atom. The molecule has 0 heterocycles. The number of carbonyl (C=O) groups excluding carboxylic acids is 1. The molecule has 1 nitrogen and oxygen atoms in total. The molecule has 0 aliphatic carbocycles. The predicted octanol–water partition coefficient (Wildman–Crippen LogP) is 1.38. The van der Waals surface area contributed by atoms with E-state index in [1.54, 1.807) is 0 Å². The van der Waals surface area contributed by atoms with Crippen LogP contribution in [0.15, 0.2) is 0 Å². The van der Waals surface area contributed by atoms with E-state index >= 15 is 0 Å². The number of carbonyl (C=O) groups is 1. The molecule has 0 fully saturated rings. The van der Waals surface area contributed by atoms with Crippen molar-refractivity contribution in [1.29, 1.82) is 0 Å². The first-order valence-corrected chi connectivity index (χ1v) is 7.35. The van der Waals surface area contributed by atoms with Crippen molar-refractivity contribution in [3.8, 4) is 0 Å². The van der Waals surface area contributed by atoms with Crippen molar-refractivity contribution < 1.29 is 4.79 Å². The van der Waals surface area contributed by atoms with E-state index in [2.05, 4.69) is 18.8 Å². The summed E-state index contributed by atoms with van der Waals surface area (Å²) < 4.78 is 0.443. The third kappa shape index (κ3) is 2.70. The fourth-order valence-electron chi connectivity index (χ4n) is 0.559. The molecule has 0 aromatic heterocycles. The molecule has 0 saturated carbocycles. The summed E-state index contributed by atoms with van der Waals surface area (Å²) in [5, 5.41) is 0. The van der Waals surface area contributed by atoms with E-state index in [1.165, 1.54) is 0 Å². The Hall–Kier alpha value is 0.469. The van der Waals surface area contributed by atoms with Crippen LogP contribution in [0.3, 0.4) is 0 Å². The maximum absolute atomic E-state index is 10.2. The zero-order valence-electron chi connectivity index (χ0n) is 5.64. The van der Waals surface area contributed by atoms with E-state index < -0.39 is 0 Å². The zero-order chi connectivity index (χ0) is 6.57. The molecule has 0 N–H and O–H groups in total. The van der Waals surface area contributed by atoms with Crippen LogP contribution in [0.4, 0.5) is 0 Å². The molecule has 0 amide bonds. The monoisotopic (exact) mass is 220 g/mol. The van der Waals surface area contributed by atoms with Gasteiger partial charge in [0.05, 0.1) is 0 Å². The second kappa shape index (κ2) is 4.36. The second-order valence-corrected chi connectivity index (χ2v) is 5.75. The molecule has 46 valence electrons. The second-order valence-electron chi connectivity index (χ2n) is 2.19. The molecule has 0 aromatic carbocycles. The van der Waals surface area contributed by atoms with Gasteiger partial charge in [-0.15, -0.1) is 0 Å². The number of hydrogen-bond donors (Lipinski definition) is 0. The molecule has 0 rings (SSSR count). The molecule has 8 heavy (non-hydrogen) atoms. The van der Waals surface area contributed by atoms with Crippen molar-refractivity contribution in [3.05, 3.63) is 0 Å². The minimum absolute atomic E-state index is 0.325. The average molecular weight is 219 g/mol. The molecule has 1 unspecified atom stereocenters. The van der Waals surface area contributed by atoms with Gasteiger partial charge < -0.3 is 0 Å². The SMILES string of the molecule is [CH3][Sn][CH](C=O)C(C)C. The van der Waals surface area contributed by atoms with Gasteiger partial charge in [0.1, 0.15) is 0 Å². The van der Waals surface area contributed by atoms with E-state index in [9.17, 15) is 4.79 Å². The molecule has 1 atom stereocenters. The van der Waals surface area contributed by atoms with Crippen LogP contribution >= 0.6 is 0 Å². The van der Waals surface area contributed by atoms with E-state index in [0.717, 1.165) is 6.29 Å². The van der Waals surface area contributed by atoms with Crippen LogP contribution in [0.2, 0.25) is 8.87 Å². The van der Waals surface area contributed by atoms with Crippen molar-refractivity contribution in [2.75, 3.05) is 0 Å². The van der Waals surface area contributed by atoms with Crippen LogP contribution in [0.25, 0.3) is 0 Å². The Balaban J connectivity index is 3.51. The summed E-state index contributed by atoms with van der Waals surface area (Å²) >= 11 is -0.325. The van der Waals surface area contributed by atoms with E-state index in [4.69, 9.17) is 0 Å². The van der Waals surface area contributed by atoms with Gasteiger partial charge in [0, 0.05) is 0 Å². The van der Waals surface area contributed by atoms with Gasteiger partial charge in [-0.1, -0.05) is 0 Å². The normalized spacial score (nSPS) is 14.0. The maximum atomic E-state index is 10.2. The number of aldehydes is 1. The van der Waals surface area contributed by atoms with Crippen LogP contribution < -0.4 is 0 Å². The molecule has 2 heteroatoms. The van der Waals surface area contributed by atoms with Gasteiger partial charge in [0.2, 0.25) is 0 Å². The summed E-state index contributed by atoms with van der Waals surface area (Å²) in [7, 11) is 0. The van der Waals surface area contributed by atoms with Gasteiger partial charge in [-0.05, 0) is 0 Å². The zero-order valence-corrected chi connectivity index (χ0v) is 8.49. The van der Waals surface area contributed by atoms with Crippen molar-refractivity contribution in [1.82, 2.24) is 0 Å². The van der Waals surface area contributed by atoms with Gasteiger partial charge in [-0.3, -0.25) is 0 Å². The van der Waals surface area contributed by atoms with Crippen LogP contribution in [0, 0.1) is 5.92 Å². The Morgan fingerprint density at radius 3 is 2.00 bits per heavy atom. The van der Waals surface area contributed by atoms with Crippen LogP contribution in [0.5, 0.6) is 0 Å². The minimum atomic E-state index is -0.325. The molecular weight excluding hydrogens is 207 g/mol. The molecule has 0 bridgehead atoms. The molecule has 0 saturated heterocycles. The Labute approximate surface area is 61.1 Å². The molecule has 0 spiro atoms. The predicted molar refractivity (Wildman–Crippen MR) is 36.3 cm³/mol. The van der Waals surface area contributed by atoms with Crippen LogP contribution in [0.1, 0.15) is 13.8 Å². The molecule has 0 aliphatic rings.